The van der Waals surface area contributed by atoms with Crippen molar-refractivity contribution in [1.82, 2.24) is 5.32 Å². The van der Waals surface area contributed by atoms with E-state index in [9.17, 15) is 27.9 Å². The van der Waals surface area contributed by atoms with Crippen LogP contribution in [0.15, 0.2) is 0 Å². The van der Waals surface area contributed by atoms with Gasteiger partial charge in [-0.1, -0.05) is 0 Å². The molecule has 0 fully saturated rings. The second-order valence-corrected chi connectivity index (χ2v) is 4.26. The molecular formula is C10H16F3NO5. The maximum atomic E-state index is 11.7. The van der Waals surface area contributed by atoms with Crippen LogP contribution in [0, 0.1) is 0 Å². The molecule has 112 valence electrons. The van der Waals surface area contributed by atoms with Gasteiger partial charge in [-0.05, 0) is 6.92 Å². The highest BCUT2D eigenvalue weighted by molar-refractivity contribution is 5.76. The normalized spacial score (nSPS) is 14.8. The molecule has 0 saturated carbocycles. The topological polar surface area (TPSA) is 95.9 Å². The van der Waals surface area contributed by atoms with E-state index in [0.29, 0.717) is 0 Å². The molecule has 0 aromatic carbocycles. The van der Waals surface area contributed by atoms with Gasteiger partial charge in [0.1, 0.15) is 6.61 Å². The summed E-state index contributed by atoms with van der Waals surface area (Å²) in [7, 11) is 0. The minimum absolute atomic E-state index is 0.306. The second-order valence-electron chi connectivity index (χ2n) is 4.26. The predicted molar refractivity (Wildman–Crippen MR) is 57.4 cm³/mol. The van der Waals surface area contributed by atoms with Crippen molar-refractivity contribution in [3.05, 3.63) is 0 Å². The first-order chi connectivity index (χ1) is 8.52. The summed E-state index contributed by atoms with van der Waals surface area (Å²) < 4.78 is 39.3. The first-order valence-electron chi connectivity index (χ1n) is 5.37. The van der Waals surface area contributed by atoms with Crippen LogP contribution in [-0.4, -0.2) is 53.6 Å². The predicted octanol–water partition coefficient (Wildman–Crippen LogP) is 0.297. The molecule has 6 nitrogen and oxygen atoms in total. The Morgan fingerprint density at radius 1 is 1.32 bits per heavy atom. The summed E-state index contributed by atoms with van der Waals surface area (Å²) in [4.78, 5) is 21.5. The number of rotatable bonds is 8. The number of carbonyl (C=O) groups excluding carboxylic acids is 1. The molecule has 0 bridgehead atoms. The van der Waals surface area contributed by atoms with Gasteiger partial charge in [-0.3, -0.25) is 9.59 Å². The lowest BCUT2D eigenvalue weighted by Gasteiger charge is -2.21. The molecule has 3 N–H and O–H groups in total. The number of hydrogen-bond acceptors (Lipinski definition) is 4. The number of amides is 1. The van der Waals surface area contributed by atoms with Gasteiger partial charge in [-0.25, -0.2) is 0 Å². The van der Waals surface area contributed by atoms with E-state index in [4.69, 9.17) is 5.11 Å². The molecule has 1 unspecified atom stereocenters. The van der Waals surface area contributed by atoms with Gasteiger partial charge < -0.3 is 20.3 Å². The number of aliphatic hydroxyl groups is 1. The molecule has 0 aliphatic carbocycles. The molecule has 0 aromatic heterocycles. The van der Waals surface area contributed by atoms with Crippen molar-refractivity contribution in [2.75, 3.05) is 19.8 Å². The van der Waals surface area contributed by atoms with Crippen molar-refractivity contribution < 1.29 is 37.7 Å². The van der Waals surface area contributed by atoms with Crippen LogP contribution in [0.3, 0.4) is 0 Å². The highest BCUT2D eigenvalue weighted by Gasteiger charge is 2.27. The number of aliphatic carboxylic acids is 1. The summed E-state index contributed by atoms with van der Waals surface area (Å²) in [6.45, 7) is -0.928. The number of nitrogens with one attached hydrogen (secondary N) is 1. The van der Waals surface area contributed by atoms with Crippen molar-refractivity contribution in [3.8, 4) is 0 Å². The van der Waals surface area contributed by atoms with Gasteiger partial charge in [0, 0.05) is 13.0 Å². The number of halogens is 3. The zero-order chi connectivity index (χ0) is 15.1. The molecule has 9 heteroatoms. The first-order valence-corrected chi connectivity index (χ1v) is 5.37. The number of carboxylic acid groups (broad SMARTS) is 1. The van der Waals surface area contributed by atoms with Crippen LogP contribution >= 0.6 is 0 Å². The monoisotopic (exact) mass is 287 g/mol. The summed E-state index contributed by atoms with van der Waals surface area (Å²) in [5, 5.41) is 20.2. The molecule has 0 radical (unpaired) electrons. The summed E-state index contributed by atoms with van der Waals surface area (Å²) in [5.74, 6) is -1.86. The molecule has 0 aromatic rings. The fourth-order valence-corrected chi connectivity index (χ4v) is 1.12. The molecule has 0 aliphatic heterocycles. The van der Waals surface area contributed by atoms with Crippen molar-refractivity contribution >= 4 is 11.9 Å². The summed E-state index contributed by atoms with van der Waals surface area (Å²) in [6.07, 6.45) is -5.31. The number of alkyl halides is 3. The molecule has 0 rings (SSSR count). The molecule has 0 aliphatic rings. The van der Waals surface area contributed by atoms with Gasteiger partial charge in [-0.2, -0.15) is 13.2 Å². The van der Waals surface area contributed by atoms with E-state index in [-0.39, 0.29) is 13.0 Å². The zero-order valence-corrected chi connectivity index (χ0v) is 10.3. The third kappa shape index (κ3) is 11.5. The van der Waals surface area contributed by atoms with E-state index in [1.165, 1.54) is 6.92 Å². The molecule has 0 heterocycles. The van der Waals surface area contributed by atoms with E-state index in [1.54, 1.807) is 0 Å². The Morgan fingerprint density at radius 2 is 1.89 bits per heavy atom. The fraction of sp³-hybridized carbons (Fsp3) is 0.800. The minimum atomic E-state index is -4.44. The Hall–Kier alpha value is -1.35. The van der Waals surface area contributed by atoms with Crippen LogP contribution in [0.25, 0.3) is 0 Å². The van der Waals surface area contributed by atoms with Gasteiger partial charge in [0.15, 0.2) is 0 Å². The fourth-order valence-electron chi connectivity index (χ4n) is 1.12. The lowest BCUT2D eigenvalue weighted by molar-refractivity contribution is -0.174. The lowest BCUT2D eigenvalue weighted by atomic mass is 10.0. The number of carbonyl (C=O) groups is 2. The molecule has 1 atom stereocenters. The van der Waals surface area contributed by atoms with Crippen LogP contribution in [-0.2, 0) is 14.3 Å². The van der Waals surface area contributed by atoms with Crippen LogP contribution in [0.5, 0.6) is 0 Å². The van der Waals surface area contributed by atoms with Crippen molar-refractivity contribution in [2.45, 2.75) is 31.5 Å². The van der Waals surface area contributed by atoms with E-state index in [1.807, 2.05) is 0 Å². The minimum Gasteiger partial charge on any atom is -0.481 e. The highest BCUT2D eigenvalue weighted by atomic mass is 19.4. The molecular weight excluding hydrogens is 271 g/mol. The Kier molecular flexibility index (Phi) is 6.77. The molecule has 0 saturated heterocycles. The quantitative estimate of drug-likeness (QED) is 0.558. The average Bonchev–Trinajstić information content (AvgIpc) is 2.18. The standard InChI is InChI=1S/C10H16F3NO5/c1-9(18,4-8(16)17)5-14-7(15)2-3-19-6-10(11,12)13/h18H,2-6H2,1H3,(H,14,15)(H,16,17). The van der Waals surface area contributed by atoms with Crippen molar-refractivity contribution in [2.24, 2.45) is 0 Å². The SMILES string of the molecule is CC(O)(CNC(=O)CCOCC(F)(F)F)CC(=O)O. The van der Waals surface area contributed by atoms with Crippen LogP contribution in [0.2, 0.25) is 0 Å². The van der Waals surface area contributed by atoms with Gasteiger partial charge in [0.05, 0.1) is 18.6 Å². The summed E-state index contributed by atoms with van der Waals surface area (Å²) >= 11 is 0. The number of hydrogen-bond donors (Lipinski definition) is 3. The first kappa shape index (κ1) is 17.6. The van der Waals surface area contributed by atoms with E-state index >= 15 is 0 Å². The van der Waals surface area contributed by atoms with E-state index in [0.717, 1.165) is 0 Å². The van der Waals surface area contributed by atoms with E-state index < -0.39 is 43.3 Å². The Labute approximate surface area is 107 Å². The number of carboxylic acids is 1. The van der Waals surface area contributed by atoms with Crippen molar-refractivity contribution in [3.63, 3.8) is 0 Å². The zero-order valence-electron chi connectivity index (χ0n) is 10.3. The van der Waals surface area contributed by atoms with E-state index in [2.05, 4.69) is 10.1 Å². The third-order valence-electron chi connectivity index (χ3n) is 1.94. The largest absolute Gasteiger partial charge is 0.481 e. The molecule has 1 amide bonds. The third-order valence-corrected chi connectivity index (χ3v) is 1.94. The van der Waals surface area contributed by atoms with Crippen LogP contribution in [0.4, 0.5) is 13.2 Å². The molecule has 19 heavy (non-hydrogen) atoms. The lowest BCUT2D eigenvalue weighted by Crippen LogP contribution is -2.42. The van der Waals surface area contributed by atoms with Gasteiger partial charge in [0.25, 0.3) is 0 Å². The van der Waals surface area contributed by atoms with Crippen LogP contribution in [0.1, 0.15) is 19.8 Å². The summed E-state index contributed by atoms with van der Waals surface area (Å²) in [5.41, 5.74) is -1.62. The molecule has 0 spiro atoms. The smallest absolute Gasteiger partial charge is 0.411 e. The van der Waals surface area contributed by atoms with Gasteiger partial charge >= 0.3 is 12.1 Å². The van der Waals surface area contributed by atoms with Gasteiger partial charge in [0.2, 0.25) is 5.91 Å². The van der Waals surface area contributed by atoms with Crippen LogP contribution < -0.4 is 5.32 Å². The number of ether oxygens (including phenoxy) is 1. The Bertz CT molecular complexity index is 317. The Balaban J connectivity index is 3.79. The maximum absolute atomic E-state index is 11.7. The highest BCUT2D eigenvalue weighted by Crippen LogP contribution is 2.14. The summed E-state index contributed by atoms with van der Waals surface area (Å²) in [6, 6.07) is 0. The maximum Gasteiger partial charge on any atom is 0.411 e. The second kappa shape index (κ2) is 7.29. The Morgan fingerprint density at radius 3 is 2.37 bits per heavy atom. The average molecular weight is 287 g/mol. The van der Waals surface area contributed by atoms with Gasteiger partial charge in [-0.15, -0.1) is 0 Å². The van der Waals surface area contributed by atoms with Crippen molar-refractivity contribution in [1.29, 1.82) is 0 Å².